The average molecular weight is 379 g/mol. The van der Waals surface area contributed by atoms with Gasteiger partial charge in [-0.05, 0) is 54.0 Å². The molecule has 1 amide bonds. The summed E-state index contributed by atoms with van der Waals surface area (Å²) in [5.41, 5.74) is 9.47. The summed E-state index contributed by atoms with van der Waals surface area (Å²) in [7, 11) is 0. The van der Waals surface area contributed by atoms with E-state index in [0.717, 1.165) is 41.0 Å². The zero-order chi connectivity index (χ0) is 19.1. The Labute approximate surface area is 164 Å². The maximum atomic E-state index is 12.5. The lowest BCUT2D eigenvalue weighted by Crippen LogP contribution is -2.53. The molecular formula is C22H25N3O3. The summed E-state index contributed by atoms with van der Waals surface area (Å²) in [6.07, 6.45) is 3.68. The Morgan fingerprint density at radius 1 is 1.11 bits per heavy atom. The number of hydrogen-bond donors (Lipinski definition) is 3. The highest BCUT2D eigenvalue weighted by Crippen LogP contribution is 2.36. The van der Waals surface area contributed by atoms with E-state index in [1.54, 1.807) is 0 Å². The van der Waals surface area contributed by atoms with Gasteiger partial charge in [-0.1, -0.05) is 30.3 Å². The molecule has 5 rings (SSSR count). The summed E-state index contributed by atoms with van der Waals surface area (Å²) in [6.45, 7) is 0.277. The van der Waals surface area contributed by atoms with Crippen molar-refractivity contribution in [3.63, 3.8) is 0 Å². The van der Waals surface area contributed by atoms with Crippen LogP contribution in [0.4, 0.5) is 0 Å². The van der Waals surface area contributed by atoms with Gasteiger partial charge in [0.25, 0.3) is 0 Å². The maximum Gasteiger partial charge on any atom is 0.238 e. The lowest BCUT2D eigenvalue weighted by molar-refractivity contribution is -0.124. The molecular weight excluding hydrogens is 354 g/mol. The Bertz CT molecular complexity index is 883. The van der Waals surface area contributed by atoms with Crippen LogP contribution in [0.3, 0.4) is 0 Å². The van der Waals surface area contributed by atoms with Gasteiger partial charge in [-0.15, -0.1) is 0 Å². The lowest BCUT2D eigenvalue weighted by Gasteiger charge is -2.24. The Morgan fingerprint density at radius 3 is 2.64 bits per heavy atom. The number of carbonyl (C=O) groups excluding carboxylic acids is 1. The van der Waals surface area contributed by atoms with E-state index in [2.05, 4.69) is 34.9 Å². The van der Waals surface area contributed by atoms with Gasteiger partial charge in [-0.3, -0.25) is 4.79 Å². The number of carbonyl (C=O) groups is 1. The van der Waals surface area contributed by atoms with Crippen molar-refractivity contribution in [1.82, 2.24) is 10.6 Å². The predicted octanol–water partition coefficient (Wildman–Crippen LogP) is 2.17. The summed E-state index contributed by atoms with van der Waals surface area (Å²) in [4.78, 5) is 12.5. The molecule has 1 saturated carbocycles. The summed E-state index contributed by atoms with van der Waals surface area (Å²) >= 11 is 0. The van der Waals surface area contributed by atoms with E-state index in [-0.39, 0.29) is 24.9 Å². The van der Waals surface area contributed by atoms with Crippen molar-refractivity contribution in [2.45, 2.75) is 43.9 Å². The van der Waals surface area contributed by atoms with E-state index in [0.29, 0.717) is 18.4 Å². The number of nitrogens with two attached hydrogens (primary N) is 1. The largest absolute Gasteiger partial charge is 0.454 e. The summed E-state index contributed by atoms with van der Waals surface area (Å²) < 4.78 is 10.8. The van der Waals surface area contributed by atoms with Crippen LogP contribution in [0.15, 0.2) is 42.5 Å². The van der Waals surface area contributed by atoms with Crippen LogP contribution < -0.4 is 25.8 Å². The zero-order valence-electron chi connectivity index (χ0n) is 15.7. The molecule has 4 N–H and O–H groups in total. The monoisotopic (exact) mass is 379 g/mol. The van der Waals surface area contributed by atoms with E-state index >= 15 is 0 Å². The molecule has 4 atom stereocenters. The normalized spacial score (nSPS) is 25.7. The van der Waals surface area contributed by atoms with Gasteiger partial charge < -0.3 is 25.8 Å². The molecule has 2 heterocycles. The van der Waals surface area contributed by atoms with E-state index in [9.17, 15) is 4.79 Å². The first-order valence-corrected chi connectivity index (χ1v) is 9.97. The Balaban J connectivity index is 1.19. The number of benzene rings is 2. The third-order valence-electron chi connectivity index (χ3n) is 6.09. The van der Waals surface area contributed by atoms with Gasteiger partial charge in [-0.2, -0.15) is 0 Å². The van der Waals surface area contributed by atoms with E-state index in [1.165, 1.54) is 6.42 Å². The smallest absolute Gasteiger partial charge is 0.238 e. The molecule has 0 radical (unpaired) electrons. The Morgan fingerprint density at radius 2 is 1.89 bits per heavy atom. The fourth-order valence-corrected chi connectivity index (χ4v) is 4.64. The number of ether oxygens (including phenoxy) is 2. The minimum absolute atomic E-state index is 0.0386. The minimum Gasteiger partial charge on any atom is -0.454 e. The molecule has 3 aliphatic rings. The zero-order valence-corrected chi connectivity index (χ0v) is 15.7. The van der Waals surface area contributed by atoms with Crippen molar-refractivity contribution in [2.75, 3.05) is 6.79 Å². The van der Waals surface area contributed by atoms with Crippen molar-refractivity contribution in [2.24, 2.45) is 11.7 Å². The van der Waals surface area contributed by atoms with E-state index < -0.39 is 0 Å². The number of piperidine rings is 1. The fraction of sp³-hybridized carbons (Fsp3) is 0.409. The molecule has 146 valence electrons. The standard InChI is InChI=1S/C22H25N3O3/c23-20(25-22(26)21-16-5-7-17(10-16)24-21)9-13-1-3-14(4-2-13)15-6-8-18-19(11-15)28-12-27-18/h1-4,6,8,11,16-17,20-21,24H,5,7,9-10,12,23H2,(H,25,26)/t16-,17+,20-,21-/m0/s1. The fourth-order valence-electron chi connectivity index (χ4n) is 4.64. The lowest BCUT2D eigenvalue weighted by atomic mass is 9.99. The number of rotatable bonds is 5. The molecule has 28 heavy (non-hydrogen) atoms. The molecule has 0 aromatic heterocycles. The van der Waals surface area contributed by atoms with E-state index in [1.807, 2.05) is 18.2 Å². The highest BCUT2D eigenvalue weighted by molar-refractivity contribution is 5.83. The molecule has 0 unspecified atom stereocenters. The van der Waals surface area contributed by atoms with Crippen molar-refractivity contribution in [1.29, 1.82) is 0 Å². The topological polar surface area (TPSA) is 85.6 Å². The number of hydrogen-bond acceptors (Lipinski definition) is 5. The first-order chi connectivity index (χ1) is 13.7. The molecule has 2 aromatic carbocycles. The van der Waals surface area contributed by atoms with Crippen molar-refractivity contribution >= 4 is 5.91 Å². The molecule has 1 saturated heterocycles. The second-order valence-corrected chi connectivity index (χ2v) is 8.00. The van der Waals surface area contributed by atoms with Crippen LogP contribution in [0.2, 0.25) is 0 Å². The number of fused-ring (bicyclic) bond motifs is 3. The molecule has 2 fully saturated rings. The van der Waals surface area contributed by atoms with Crippen LogP contribution in [0.1, 0.15) is 24.8 Å². The van der Waals surface area contributed by atoms with Gasteiger partial charge in [0, 0.05) is 12.5 Å². The third-order valence-corrected chi connectivity index (χ3v) is 6.09. The molecule has 6 nitrogen and oxygen atoms in total. The van der Waals surface area contributed by atoms with Gasteiger partial charge in [0.05, 0.1) is 12.2 Å². The quantitative estimate of drug-likeness (QED) is 0.693. The van der Waals surface area contributed by atoms with Crippen molar-refractivity contribution < 1.29 is 14.3 Å². The Hall–Kier alpha value is -2.57. The SMILES string of the molecule is N[C@H](Cc1ccc(-c2ccc3c(c2)OCO3)cc1)NC(=O)[C@H]1N[C@@H]2CC[C@H]1C2. The van der Waals surface area contributed by atoms with Crippen LogP contribution in [-0.4, -0.2) is 30.9 Å². The first kappa shape index (κ1) is 17.5. The highest BCUT2D eigenvalue weighted by Gasteiger charge is 2.42. The van der Waals surface area contributed by atoms with Crippen LogP contribution in [-0.2, 0) is 11.2 Å². The summed E-state index contributed by atoms with van der Waals surface area (Å²) in [5.74, 6) is 2.07. The van der Waals surface area contributed by atoms with Crippen LogP contribution in [0.25, 0.3) is 11.1 Å². The van der Waals surface area contributed by atoms with Crippen molar-refractivity contribution in [3.8, 4) is 22.6 Å². The van der Waals surface area contributed by atoms with Gasteiger partial charge in [0.15, 0.2) is 11.5 Å². The van der Waals surface area contributed by atoms with Crippen LogP contribution in [0, 0.1) is 5.92 Å². The maximum absolute atomic E-state index is 12.5. The van der Waals surface area contributed by atoms with E-state index in [4.69, 9.17) is 15.2 Å². The van der Waals surface area contributed by atoms with Gasteiger partial charge in [-0.25, -0.2) is 0 Å². The second-order valence-electron chi connectivity index (χ2n) is 8.00. The molecule has 2 aromatic rings. The van der Waals surface area contributed by atoms with Crippen LogP contribution >= 0.6 is 0 Å². The molecule has 0 spiro atoms. The highest BCUT2D eigenvalue weighted by atomic mass is 16.7. The number of amides is 1. The Kier molecular flexibility index (Phi) is 4.45. The average Bonchev–Trinajstić information content (AvgIpc) is 3.44. The molecule has 2 bridgehead atoms. The molecule has 2 aliphatic heterocycles. The first-order valence-electron chi connectivity index (χ1n) is 9.97. The molecule has 6 heteroatoms. The van der Waals surface area contributed by atoms with Crippen molar-refractivity contribution in [3.05, 3.63) is 48.0 Å². The predicted molar refractivity (Wildman–Crippen MR) is 106 cm³/mol. The summed E-state index contributed by atoms with van der Waals surface area (Å²) in [5, 5.41) is 6.39. The minimum atomic E-state index is -0.384. The molecule has 1 aliphatic carbocycles. The number of nitrogens with one attached hydrogen (secondary N) is 2. The van der Waals surface area contributed by atoms with Gasteiger partial charge in [0.2, 0.25) is 12.7 Å². The van der Waals surface area contributed by atoms with Crippen LogP contribution in [0.5, 0.6) is 11.5 Å². The third kappa shape index (κ3) is 3.34. The summed E-state index contributed by atoms with van der Waals surface area (Å²) in [6, 6.07) is 14.6. The van der Waals surface area contributed by atoms with Gasteiger partial charge in [0.1, 0.15) is 0 Å². The second kappa shape index (κ2) is 7.11. The van der Waals surface area contributed by atoms with Gasteiger partial charge >= 0.3 is 0 Å².